The third kappa shape index (κ3) is 2.64. The summed E-state index contributed by atoms with van der Waals surface area (Å²) >= 11 is 0. The Bertz CT molecular complexity index is 456. The molecule has 0 aromatic carbocycles. The number of aliphatic hydroxyl groups excluding tert-OH is 1. The molecule has 0 bridgehead atoms. The van der Waals surface area contributed by atoms with E-state index in [2.05, 4.69) is 10.4 Å². The first-order chi connectivity index (χ1) is 9.07. The zero-order valence-electron chi connectivity index (χ0n) is 10.7. The van der Waals surface area contributed by atoms with Gasteiger partial charge in [0, 0.05) is 18.9 Å². The van der Waals surface area contributed by atoms with Crippen molar-refractivity contribution in [2.45, 2.75) is 50.0 Å². The molecule has 1 unspecified atom stereocenters. The van der Waals surface area contributed by atoms with E-state index in [9.17, 15) is 15.0 Å². The molecule has 0 aliphatic heterocycles. The van der Waals surface area contributed by atoms with Crippen molar-refractivity contribution in [3.63, 3.8) is 0 Å². The van der Waals surface area contributed by atoms with Crippen molar-refractivity contribution in [3.8, 4) is 0 Å². The summed E-state index contributed by atoms with van der Waals surface area (Å²) in [6.45, 7) is 0.751. The maximum absolute atomic E-state index is 11.8. The van der Waals surface area contributed by atoms with Crippen molar-refractivity contribution >= 4 is 5.91 Å². The van der Waals surface area contributed by atoms with E-state index < -0.39 is 11.7 Å². The van der Waals surface area contributed by atoms with Crippen LogP contribution in [0.4, 0.5) is 0 Å². The first kappa shape index (κ1) is 12.6. The van der Waals surface area contributed by atoms with Crippen LogP contribution < -0.4 is 5.32 Å². The molecule has 3 rings (SSSR count). The maximum atomic E-state index is 11.8. The van der Waals surface area contributed by atoms with E-state index in [1.807, 2.05) is 16.9 Å². The lowest BCUT2D eigenvalue weighted by Gasteiger charge is -2.18. The normalized spacial score (nSPS) is 32.2. The molecule has 1 aromatic heterocycles. The average Bonchev–Trinajstić information content (AvgIpc) is 2.79. The Kier molecular flexibility index (Phi) is 3.06. The quantitative estimate of drug-likeness (QED) is 0.695. The second-order valence-electron chi connectivity index (χ2n) is 5.74. The monoisotopic (exact) mass is 265 g/mol. The Morgan fingerprint density at radius 2 is 2.26 bits per heavy atom. The molecule has 3 atom stereocenters. The Labute approximate surface area is 111 Å². The second kappa shape index (κ2) is 4.61. The summed E-state index contributed by atoms with van der Waals surface area (Å²) < 4.78 is 1.84. The zero-order chi connectivity index (χ0) is 13.5. The first-order valence-electron chi connectivity index (χ1n) is 6.76. The van der Waals surface area contributed by atoms with Gasteiger partial charge in [-0.15, -0.1) is 0 Å². The van der Waals surface area contributed by atoms with Gasteiger partial charge in [-0.05, 0) is 37.7 Å². The molecule has 2 saturated carbocycles. The molecule has 0 radical (unpaired) electrons. The molecule has 104 valence electrons. The van der Waals surface area contributed by atoms with Crippen molar-refractivity contribution in [2.24, 2.45) is 5.92 Å². The van der Waals surface area contributed by atoms with Gasteiger partial charge in [0.25, 0.3) is 5.91 Å². The highest BCUT2D eigenvalue weighted by Crippen LogP contribution is 2.36. The Morgan fingerprint density at radius 3 is 2.89 bits per heavy atom. The van der Waals surface area contributed by atoms with Crippen molar-refractivity contribution in [1.82, 2.24) is 15.1 Å². The van der Waals surface area contributed by atoms with Gasteiger partial charge < -0.3 is 15.5 Å². The van der Waals surface area contributed by atoms with E-state index in [1.54, 1.807) is 6.20 Å². The fourth-order valence-corrected chi connectivity index (χ4v) is 2.74. The van der Waals surface area contributed by atoms with E-state index in [1.165, 1.54) is 0 Å². The number of amides is 1. The number of nitrogens with one attached hydrogen (secondary N) is 1. The summed E-state index contributed by atoms with van der Waals surface area (Å²) in [5, 5.41) is 26.6. The summed E-state index contributed by atoms with van der Waals surface area (Å²) in [4.78, 5) is 11.8. The third-order valence-electron chi connectivity index (χ3n) is 4.09. The predicted molar refractivity (Wildman–Crippen MR) is 67.1 cm³/mol. The molecule has 2 aliphatic rings. The van der Waals surface area contributed by atoms with Crippen LogP contribution in [0.2, 0.25) is 0 Å². The van der Waals surface area contributed by atoms with E-state index in [0.29, 0.717) is 25.2 Å². The average molecular weight is 265 g/mol. The molecule has 1 aromatic rings. The smallest absolute Gasteiger partial charge is 0.252 e. The van der Waals surface area contributed by atoms with Crippen LogP contribution in [0.3, 0.4) is 0 Å². The first-order valence-corrected chi connectivity index (χ1v) is 6.76. The van der Waals surface area contributed by atoms with Crippen molar-refractivity contribution in [2.75, 3.05) is 0 Å². The van der Waals surface area contributed by atoms with E-state index in [-0.39, 0.29) is 11.9 Å². The summed E-state index contributed by atoms with van der Waals surface area (Å²) in [5.41, 5.74) is -1.17. The van der Waals surface area contributed by atoms with Gasteiger partial charge in [0.2, 0.25) is 0 Å². The van der Waals surface area contributed by atoms with Crippen LogP contribution in [0.15, 0.2) is 18.5 Å². The van der Waals surface area contributed by atoms with Gasteiger partial charge in [-0.3, -0.25) is 9.48 Å². The van der Waals surface area contributed by atoms with Gasteiger partial charge in [0.05, 0.1) is 12.1 Å². The highest BCUT2D eigenvalue weighted by molar-refractivity contribution is 5.88. The SMILES string of the molecule is O=C(N[C@@H]1CC(Cn2cccn2)C[C@H]1O)C1(O)CC1. The largest absolute Gasteiger partial charge is 0.391 e. The number of aromatic nitrogens is 2. The summed E-state index contributed by atoms with van der Waals surface area (Å²) in [7, 11) is 0. The van der Waals surface area contributed by atoms with Crippen LogP contribution in [0.5, 0.6) is 0 Å². The van der Waals surface area contributed by atoms with Gasteiger partial charge >= 0.3 is 0 Å². The van der Waals surface area contributed by atoms with Gasteiger partial charge in [-0.25, -0.2) is 0 Å². The number of nitrogens with zero attached hydrogens (tertiary/aromatic N) is 2. The Balaban J connectivity index is 1.54. The number of carbonyl (C=O) groups excluding carboxylic acids is 1. The molecule has 2 aliphatic carbocycles. The topological polar surface area (TPSA) is 87.4 Å². The fourth-order valence-electron chi connectivity index (χ4n) is 2.74. The lowest BCUT2D eigenvalue weighted by Crippen LogP contribution is -2.45. The van der Waals surface area contributed by atoms with Gasteiger partial charge in [-0.1, -0.05) is 0 Å². The fraction of sp³-hybridized carbons (Fsp3) is 0.692. The van der Waals surface area contributed by atoms with Crippen LogP contribution in [0.25, 0.3) is 0 Å². The number of rotatable bonds is 4. The molecule has 19 heavy (non-hydrogen) atoms. The molecule has 1 amide bonds. The van der Waals surface area contributed by atoms with Crippen molar-refractivity contribution in [3.05, 3.63) is 18.5 Å². The highest BCUT2D eigenvalue weighted by atomic mass is 16.3. The van der Waals surface area contributed by atoms with Gasteiger partial charge in [0.1, 0.15) is 5.60 Å². The van der Waals surface area contributed by atoms with Crippen molar-refractivity contribution < 1.29 is 15.0 Å². The summed E-state index contributed by atoms with van der Waals surface area (Å²) in [6, 6.07) is 1.62. The summed E-state index contributed by atoms with van der Waals surface area (Å²) in [6.07, 6.45) is 5.52. The molecule has 6 nitrogen and oxygen atoms in total. The van der Waals surface area contributed by atoms with Gasteiger partial charge in [-0.2, -0.15) is 5.10 Å². The van der Waals surface area contributed by atoms with Crippen LogP contribution in [-0.2, 0) is 11.3 Å². The molecular weight excluding hydrogens is 246 g/mol. The lowest BCUT2D eigenvalue weighted by atomic mass is 10.1. The van der Waals surface area contributed by atoms with Crippen LogP contribution in [-0.4, -0.2) is 43.6 Å². The molecule has 2 fully saturated rings. The van der Waals surface area contributed by atoms with E-state index in [0.717, 1.165) is 13.0 Å². The van der Waals surface area contributed by atoms with E-state index in [4.69, 9.17) is 0 Å². The molecular formula is C13H19N3O3. The lowest BCUT2D eigenvalue weighted by molar-refractivity contribution is -0.132. The van der Waals surface area contributed by atoms with Crippen LogP contribution in [0, 0.1) is 5.92 Å². The number of carbonyl (C=O) groups is 1. The second-order valence-corrected chi connectivity index (χ2v) is 5.74. The minimum absolute atomic E-state index is 0.252. The number of hydrogen-bond acceptors (Lipinski definition) is 4. The molecule has 0 saturated heterocycles. The highest BCUT2D eigenvalue weighted by Gasteiger charge is 2.49. The molecule has 3 N–H and O–H groups in total. The van der Waals surface area contributed by atoms with E-state index >= 15 is 0 Å². The van der Waals surface area contributed by atoms with Crippen LogP contribution >= 0.6 is 0 Å². The van der Waals surface area contributed by atoms with Gasteiger partial charge in [0.15, 0.2) is 0 Å². The molecule has 6 heteroatoms. The maximum Gasteiger partial charge on any atom is 0.252 e. The molecule has 0 spiro atoms. The minimum Gasteiger partial charge on any atom is -0.391 e. The van der Waals surface area contributed by atoms with Crippen LogP contribution in [0.1, 0.15) is 25.7 Å². The standard InChI is InChI=1S/C13H19N3O3/c17-11-7-9(8-16-5-1-4-14-16)6-10(11)15-12(18)13(19)2-3-13/h1,4-5,9-11,17,19H,2-3,6-8H2,(H,15,18)/t9?,10-,11-/m1/s1. The zero-order valence-corrected chi connectivity index (χ0v) is 10.7. The minimum atomic E-state index is -1.17. The summed E-state index contributed by atoms with van der Waals surface area (Å²) in [5.74, 6) is -0.0367. The number of aliphatic hydroxyl groups is 2. The third-order valence-corrected chi connectivity index (χ3v) is 4.09. The Hall–Kier alpha value is -1.40. The molecule has 1 heterocycles. The Morgan fingerprint density at radius 1 is 1.47 bits per heavy atom. The number of hydrogen-bond donors (Lipinski definition) is 3. The predicted octanol–water partition coefficient (Wildman–Crippen LogP) is -0.336. The van der Waals surface area contributed by atoms with Crippen molar-refractivity contribution in [1.29, 1.82) is 0 Å².